The maximum absolute atomic E-state index is 12.9. The Morgan fingerprint density at radius 3 is 2.59 bits per heavy atom. The first kappa shape index (κ1) is 21.4. The predicted molar refractivity (Wildman–Crippen MR) is 126 cm³/mol. The van der Waals surface area contributed by atoms with Crippen LogP contribution >= 0.6 is 0 Å². The van der Waals surface area contributed by atoms with Gasteiger partial charge in [-0.3, -0.25) is 9.13 Å². The summed E-state index contributed by atoms with van der Waals surface area (Å²) < 4.78 is 9.46. The smallest absolute Gasteiger partial charge is 0.328 e. The number of aromatic nitrogens is 3. The topological polar surface area (TPSA) is 72.8 Å². The summed E-state index contributed by atoms with van der Waals surface area (Å²) in [6.45, 7) is 9.06. The Bertz CT molecular complexity index is 1410. The zero-order valence-corrected chi connectivity index (χ0v) is 19.0. The van der Waals surface area contributed by atoms with Crippen molar-refractivity contribution in [3.8, 4) is 28.8 Å². The summed E-state index contributed by atoms with van der Waals surface area (Å²) >= 11 is 0. The maximum Gasteiger partial charge on any atom is 0.328 e. The van der Waals surface area contributed by atoms with Crippen molar-refractivity contribution in [2.45, 2.75) is 34.2 Å². The second-order valence-corrected chi connectivity index (χ2v) is 9.24. The van der Waals surface area contributed by atoms with E-state index in [1.807, 2.05) is 54.9 Å². The van der Waals surface area contributed by atoms with Crippen LogP contribution in [0.5, 0.6) is 11.6 Å². The zero-order valence-electron chi connectivity index (χ0n) is 19.0. The second kappa shape index (κ2) is 8.01. The Hall–Kier alpha value is -3.85. The average molecular weight is 427 g/mol. The van der Waals surface area contributed by atoms with E-state index in [2.05, 4.69) is 31.8 Å². The van der Waals surface area contributed by atoms with E-state index in [1.165, 1.54) is 0 Å². The maximum atomic E-state index is 12.9. The Kier molecular flexibility index (Phi) is 5.35. The van der Waals surface area contributed by atoms with Crippen LogP contribution in [0.15, 0.2) is 59.5 Å². The summed E-state index contributed by atoms with van der Waals surface area (Å²) in [7, 11) is 1.81. The molecule has 0 saturated carbocycles. The summed E-state index contributed by atoms with van der Waals surface area (Å²) in [4.78, 5) is 17.0. The quantitative estimate of drug-likeness (QED) is 0.437. The molecule has 0 N–H and O–H groups in total. The minimum atomic E-state index is -0.0138. The summed E-state index contributed by atoms with van der Waals surface area (Å²) in [5.74, 6) is 0.877. The van der Waals surface area contributed by atoms with Crippen molar-refractivity contribution >= 4 is 11.0 Å². The van der Waals surface area contributed by atoms with Crippen LogP contribution in [-0.4, -0.2) is 14.1 Å². The molecule has 0 spiro atoms. The van der Waals surface area contributed by atoms with Crippen molar-refractivity contribution in [3.63, 3.8) is 0 Å². The number of nitriles is 1. The van der Waals surface area contributed by atoms with E-state index in [1.54, 1.807) is 22.9 Å². The fourth-order valence-corrected chi connectivity index (χ4v) is 3.85. The molecule has 0 bridgehead atoms. The monoisotopic (exact) mass is 426 g/mol. The number of rotatable bonds is 4. The molecule has 0 fully saturated rings. The highest BCUT2D eigenvalue weighted by Gasteiger charge is 2.18. The Morgan fingerprint density at radius 1 is 1.09 bits per heavy atom. The molecular formula is C26H26N4O2. The molecule has 6 heteroatoms. The molecule has 0 radical (unpaired) electrons. The predicted octanol–water partition coefficient (Wildman–Crippen LogP) is 5.42. The molecule has 0 aliphatic carbocycles. The minimum absolute atomic E-state index is 0.00715. The molecule has 0 saturated heterocycles. The lowest BCUT2D eigenvalue weighted by molar-refractivity contribution is 0.342. The van der Waals surface area contributed by atoms with Gasteiger partial charge in [-0.15, -0.1) is 0 Å². The third-order valence-corrected chi connectivity index (χ3v) is 5.40. The van der Waals surface area contributed by atoms with Crippen LogP contribution in [0.4, 0.5) is 0 Å². The summed E-state index contributed by atoms with van der Waals surface area (Å²) in [6, 6.07) is 17.4. The highest BCUT2D eigenvalue weighted by molar-refractivity contribution is 5.84. The number of hydrogen-bond donors (Lipinski definition) is 0. The average Bonchev–Trinajstić information content (AvgIpc) is 2.98. The van der Waals surface area contributed by atoms with E-state index in [4.69, 9.17) is 4.74 Å². The van der Waals surface area contributed by atoms with E-state index in [9.17, 15) is 10.1 Å². The van der Waals surface area contributed by atoms with Gasteiger partial charge >= 0.3 is 5.69 Å². The van der Waals surface area contributed by atoms with E-state index in [0.717, 1.165) is 27.7 Å². The minimum Gasteiger partial charge on any atom is -0.438 e. The molecule has 0 amide bonds. The van der Waals surface area contributed by atoms with E-state index >= 15 is 0 Å². The normalized spacial score (nSPS) is 11.5. The number of aryl methyl sites for hydroxylation is 2. The van der Waals surface area contributed by atoms with Gasteiger partial charge in [0.2, 0.25) is 5.88 Å². The lowest BCUT2D eigenvalue weighted by Crippen LogP contribution is -2.27. The number of fused-ring (bicyclic) bond motifs is 1. The van der Waals surface area contributed by atoms with Gasteiger partial charge in [0, 0.05) is 19.8 Å². The van der Waals surface area contributed by atoms with Gasteiger partial charge in [0.15, 0.2) is 0 Å². The molecule has 4 aromatic rings. The van der Waals surface area contributed by atoms with Crippen molar-refractivity contribution in [2.24, 2.45) is 12.5 Å². The lowest BCUT2D eigenvalue weighted by Gasteiger charge is -2.18. The van der Waals surface area contributed by atoms with Gasteiger partial charge in [-0.2, -0.15) is 5.26 Å². The van der Waals surface area contributed by atoms with Crippen molar-refractivity contribution in [2.75, 3.05) is 0 Å². The fraction of sp³-hybridized carbons (Fsp3) is 0.269. The molecule has 0 unspecified atom stereocenters. The van der Waals surface area contributed by atoms with Crippen LogP contribution in [0.2, 0.25) is 0 Å². The number of nitrogens with zero attached hydrogens (tertiary/aromatic N) is 4. The fourth-order valence-electron chi connectivity index (χ4n) is 3.85. The van der Waals surface area contributed by atoms with Crippen LogP contribution in [-0.2, 0) is 13.6 Å². The van der Waals surface area contributed by atoms with E-state index < -0.39 is 0 Å². The zero-order chi connectivity index (χ0) is 23.0. The number of pyridine rings is 1. The van der Waals surface area contributed by atoms with Gasteiger partial charge < -0.3 is 4.74 Å². The first-order valence-electron chi connectivity index (χ1n) is 10.5. The number of benzene rings is 2. The van der Waals surface area contributed by atoms with E-state index in [-0.39, 0.29) is 17.0 Å². The molecule has 0 atom stereocenters. The van der Waals surface area contributed by atoms with Crippen LogP contribution in [0, 0.1) is 23.7 Å². The highest BCUT2D eigenvalue weighted by Crippen LogP contribution is 2.32. The van der Waals surface area contributed by atoms with Gasteiger partial charge in [-0.05, 0) is 65.4 Å². The summed E-state index contributed by atoms with van der Waals surface area (Å²) in [5.41, 5.74) is 5.24. The Labute approximate surface area is 187 Å². The van der Waals surface area contributed by atoms with Crippen LogP contribution in [0.25, 0.3) is 22.2 Å². The molecular weight excluding hydrogens is 400 g/mol. The van der Waals surface area contributed by atoms with Crippen molar-refractivity contribution in [1.82, 2.24) is 14.1 Å². The van der Waals surface area contributed by atoms with Gasteiger partial charge in [0.1, 0.15) is 17.4 Å². The Balaban J connectivity index is 1.78. The molecule has 0 aliphatic rings. The third kappa shape index (κ3) is 4.02. The van der Waals surface area contributed by atoms with Crippen LogP contribution < -0.4 is 10.4 Å². The summed E-state index contributed by atoms with van der Waals surface area (Å²) in [6.07, 6.45) is 1.60. The molecule has 32 heavy (non-hydrogen) atoms. The molecule has 2 heterocycles. The first-order valence-corrected chi connectivity index (χ1v) is 10.5. The second-order valence-electron chi connectivity index (χ2n) is 9.24. The largest absolute Gasteiger partial charge is 0.438 e. The molecule has 4 rings (SSSR count). The van der Waals surface area contributed by atoms with E-state index in [0.29, 0.717) is 17.9 Å². The Morgan fingerprint density at radius 2 is 1.88 bits per heavy atom. The molecule has 0 aliphatic heterocycles. The van der Waals surface area contributed by atoms with Crippen molar-refractivity contribution < 1.29 is 4.74 Å². The van der Waals surface area contributed by atoms with Gasteiger partial charge in [0.25, 0.3) is 0 Å². The molecule has 6 nitrogen and oxygen atoms in total. The molecule has 162 valence electrons. The lowest BCUT2D eigenvalue weighted by atomic mass is 9.96. The van der Waals surface area contributed by atoms with Gasteiger partial charge in [0.05, 0.1) is 11.0 Å². The first-order chi connectivity index (χ1) is 15.2. The van der Waals surface area contributed by atoms with Gasteiger partial charge in [-0.1, -0.05) is 32.9 Å². The van der Waals surface area contributed by atoms with Crippen LogP contribution in [0.3, 0.4) is 0 Å². The SMILES string of the molecule is Cc1ccc(Oc2ncccc2C#N)cc1-c1ccc2c(c1)n(C)c(=O)n2CC(C)(C)C. The molecule has 2 aromatic heterocycles. The highest BCUT2D eigenvalue weighted by atomic mass is 16.5. The number of hydrogen-bond acceptors (Lipinski definition) is 4. The van der Waals surface area contributed by atoms with Gasteiger partial charge in [-0.25, -0.2) is 9.78 Å². The number of ether oxygens (including phenoxy) is 1. The summed E-state index contributed by atoms with van der Waals surface area (Å²) in [5, 5.41) is 9.29. The standard InChI is InChI=1S/C26H26N4O2/c1-17-8-10-20(32-24-19(15-27)7-6-12-28-24)14-21(17)18-9-11-22-23(13-18)29(5)25(31)30(22)16-26(2,3)4/h6-14H,16H2,1-5H3. The number of imidazole rings is 1. The molecule has 2 aromatic carbocycles. The van der Waals surface area contributed by atoms with Crippen LogP contribution in [0.1, 0.15) is 31.9 Å². The third-order valence-electron chi connectivity index (χ3n) is 5.40. The van der Waals surface area contributed by atoms with Crippen molar-refractivity contribution in [3.05, 3.63) is 76.3 Å². The van der Waals surface area contributed by atoms with Crippen molar-refractivity contribution in [1.29, 1.82) is 5.26 Å².